The molecule has 0 radical (unpaired) electrons. The first-order chi connectivity index (χ1) is 8.86. The number of amides is 1. The summed E-state index contributed by atoms with van der Waals surface area (Å²) in [6.45, 7) is 0.951. The third kappa shape index (κ3) is 6.06. The molecule has 0 fully saturated rings. The molecular weight excluding hydrogens is 390 g/mol. The molecule has 0 aliphatic rings. The molecule has 0 spiro atoms. The van der Waals surface area contributed by atoms with Crippen molar-refractivity contribution in [1.82, 2.24) is 14.9 Å². The number of likely N-dealkylation sites (N-methyl/N-ethyl adjacent to an activating group) is 2. The van der Waals surface area contributed by atoms with Gasteiger partial charge in [-0.2, -0.15) is 0 Å². The fourth-order valence-corrected chi connectivity index (χ4v) is 4.24. The van der Waals surface area contributed by atoms with E-state index in [-0.39, 0.29) is 29.1 Å². The summed E-state index contributed by atoms with van der Waals surface area (Å²) in [5.41, 5.74) is 0. The van der Waals surface area contributed by atoms with Crippen molar-refractivity contribution in [1.29, 1.82) is 0 Å². The smallest absolute Gasteiger partial charge is 0.250 e. The fraction of sp³-hybridized carbons (Fsp3) is 0.500. The molecule has 0 bridgehead atoms. The van der Waals surface area contributed by atoms with Crippen molar-refractivity contribution in [3.05, 3.63) is 15.9 Å². The lowest BCUT2D eigenvalue weighted by Crippen LogP contribution is -2.40. The largest absolute Gasteiger partial charge is 0.343 e. The lowest BCUT2D eigenvalue weighted by molar-refractivity contribution is -0.128. The summed E-state index contributed by atoms with van der Waals surface area (Å²) in [4.78, 5) is 13.2. The number of hydrogen-bond acceptors (Lipinski definition) is 5. The van der Waals surface area contributed by atoms with E-state index < -0.39 is 10.0 Å². The second-order valence-electron chi connectivity index (χ2n) is 3.80. The third-order valence-corrected chi connectivity index (χ3v) is 5.87. The van der Waals surface area contributed by atoms with Gasteiger partial charge >= 0.3 is 0 Å². The maximum Gasteiger partial charge on any atom is 0.250 e. The monoisotopic (exact) mass is 405 g/mol. The minimum Gasteiger partial charge on any atom is -0.343 e. The second-order valence-corrected chi connectivity index (χ2v) is 8.26. The van der Waals surface area contributed by atoms with E-state index in [9.17, 15) is 13.2 Å². The van der Waals surface area contributed by atoms with E-state index in [0.717, 1.165) is 15.1 Å². The summed E-state index contributed by atoms with van der Waals surface area (Å²) < 4.78 is 27.0. The van der Waals surface area contributed by atoms with E-state index in [2.05, 4.69) is 26.0 Å². The summed E-state index contributed by atoms with van der Waals surface area (Å²) in [6, 6.07) is 3.15. The number of rotatable bonds is 7. The van der Waals surface area contributed by atoms with Crippen LogP contribution in [0.4, 0.5) is 0 Å². The molecule has 10 heteroatoms. The standard InChI is InChI=1S/C10H16BrN3O3S2.ClH/c1-12-5-6-14(2)9(15)7-13-19(16,17)10-4-3-8(11)18-10;/h3-4,12-13H,5-7H2,1-2H3;1H. The van der Waals surface area contributed by atoms with Crippen LogP contribution in [0.5, 0.6) is 0 Å². The highest BCUT2D eigenvalue weighted by molar-refractivity contribution is 9.11. The van der Waals surface area contributed by atoms with Crippen molar-refractivity contribution in [3.8, 4) is 0 Å². The predicted molar refractivity (Wildman–Crippen MR) is 86.0 cm³/mol. The number of carbonyl (C=O) groups excluding carboxylic acids is 1. The second kappa shape index (κ2) is 8.96. The highest BCUT2D eigenvalue weighted by Crippen LogP contribution is 2.25. The number of carbonyl (C=O) groups is 1. The van der Waals surface area contributed by atoms with E-state index in [4.69, 9.17) is 0 Å². The molecule has 0 atom stereocenters. The van der Waals surface area contributed by atoms with Crippen LogP contribution in [0.1, 0.15) is 0 Å². The molecule has 0 saturated carbocycles. The van der Waals surface area contributed by atoms with E-state index >= 15 is 0 Å². The molecule has 0 unspecified atom stereocenters. The van der Waals surface area contributed by atoms with Crippen molar-refractivity contribution in [2.24, 2.45) is 0 Å². The Bertz CT molecular complexity index is 536. The Balaban J connectivity index is 0.00000361. The summed E-state index contributed by atoms with van der Waals surface area (Å²) in [7, 11) is -0.191. The van der Waals surface area contributed by atoms with Gasteiger partial charge in [0.05, 0.1) is 10.3 Å². The van der Waals surface area contributed by atoms with Crippen LogP contribution in [0.2, 0.25) is 0 Å². The van der Waals surface area contributed by atoms with Gasteiger partial charge in [-0.05, 0) is 35.1 Å². The van der Waals surface area contributed by atoms with Crippen LogP contribution in [-0.2, 0) is 14.8 Å². The molecule has 2 N–H and O–H groups in total. The summed E-state index contributed by atoms with van der Waals surface area (Å²) in [5, 5.41) is 2.92. The van der Waals surface area contributed by atoms with Crippen LogP contribution in [0, 0.1) is 0 Å². The van der Waals surface area contributed by atoms with E-state index in [1.165, 1.54) is 11.0 Å². The van der Waals surface area contributed by atoms with E-state index in [0.29, 0.717) is 13.1 Å². The van der Waals surface area contributed by atoms with Crippen LogP contribution < -0.4 is 10.0 Å². The maximum absolute atomic E-state index is 11.9. The average Bonchev–Trinajstić information content (AvgIpc) is 2.80. The molecule has 1 aromatic heterocycles. The minimum absolute atomic E-state index is 0. The fourth-order valence-electron chi connectivity index (χ4n) is 1.21. The van der Waals surface area contributed by atoms with Gasteiger partial charge in [-0.15, -0.1) is 23.7 Å². The summed E-state index contributed by atoms with van der Waals surface area (Å²) >= 11 is 4.30. The molecule has 1 amide bonds. The van der Waals surface area contributed by atoms with Gasteiger partial charge < -0.3 is 10.2 Å². The highest BCUT2D eigenvalue weighted by Gasteiger charge is 2.18. The van der Waals surface area contributed by atoms with Gasteiger partial charge in [0.1, 0.15) is 4.21 Å². The molecule has 0 aliphatic carbocycles. The Morgan fingerprint density at radius 3 is 2.60 bits per heavy atom. The minimum atomic E-state index is -3.61. The predicted octanol–water partition coefficient (Wildman–Crippen LogP) is 0.888. The summed E-state index contributed by atoms with van der Waals surface area (Å²) in [6.07, 6.45) is 0. The first-order valence-corrected chi connectivity index (χ1v) is 8.59. The van der Waals surface area contributed by atoms with Crippen LogP contribution in [0.15, 0.2) is 20.1 Å². The molecule has 6 nitrogen and oxygen atoms in total. The quantitative estimate of drug-likeness (QED) is 0.705. The highest BCUT2D eigenvalue weighted by atomic mass is 79.9. The topological polar surface area (TPSA) is 78.5 Å². The molecule has 20 heavy (non-hydrogen) atoms. The van der Waals surface area contributed by atoms with Gasteiger partial charge in [0.2, 0.25) is 5.91 Å². The number of nitrogens with one attached hydrogen (secondary N) is 2. The van der Waals surface area contributed by atoms with Gasteiger partial charge in [0.25, 0.3) is 10.0 Å². The van der Waals surface area contributed by atoms with E-state index in [1.54, 1.807) is 20.2 Å². The number of nitrogens with zero attached hydrogens (tertiary/aromatic N) is 1. The van der Waals surface area contributed by atoms with Gasteiger partial charge in [-0.1, -0.05) is 0 Å². The lowest BCUT2D eigenvalue weighted by atomic mass is 10.5. The molecule has 1 aromatic rings. The average molecular weight is 407 g/mol. The summed E-state index contributed by atoms with van der Waals surface area (Å²) in [5.74, 6) is -0.269. The van der Waals surface area contributed by atoms with Crippen molar-refractivity contribution >= 4 is 55.6 Å². The van der Waals surface area contributed by atoms with Gasteiger partial charge in [-0.3, -0.25) is 4.79 Å². The number of thiophene rings is 1. The molecule has 0 saturated heterocycles. The SMILES string of the molecule is CNCCN(C)C(=O)CNS(=O)(=O)c1ccc(Br)s1.Cl. The molecule has 116 valence electrons. The number of halogens is 2. The van der Waals surface area contributed by atoms with Gasteiger partial charge in [0.15, 0.2) is 0 Å². The zero-order valence-electron chi connectivity index (χ0n) is 11.1. The number of hydrogen-bond donors (Lipinski definition) is 2. The Kier molecular flexibility index (Phi) is 8.87. The van der Waals surface area contributed by atoms with Crippen molar-refractivity contribution in [2.45, 2.75) is 4.21 Å². The van der Waals surface area contributed by atoms with Crippen molar-refractivity contribution in [2.75, 3.05) is 33.7 Å². The van der Waals surface area contributed by atoms with Crippen LogP contribution >= 0.6 is 39.7 Å². The third-order valence-electron chi connectivity index (χ3n) is 2.35. The number of sulfonamides is 1. The van der Waals surface area contributed by atoms with Crippen LogP contribution in [-0.4, -0.2) is 53.0 Å². The van der Waals surface area contributed by atoms with Crippen LogP contribution in [0.25, 0.3) is 0 Å². The molecule has 0 aliphatic heterocycles. The zero-order valence-corrected chi connectivity index (χ0v) is 15.1. The maximum atomic E-state index is 11.9. The molecule has 1 rings (SSSR count). The first kappa shape index (κ1) is 19.8. The van der Waals surface area contributed by atoms with Crippen molar-refractivity contribution in [3.63, 3.8) is 0 Å². The Morgan fingerprint density at radius 2 is 2.10 bits per heavy atom. The molecule has 0 aromatic carbocycles. The lowest BCUT2D eigenvalue weighted by Gasteiger charge is -2.16. The van der Waals surface area contributed by atoms with Crippen molar-refractivity contribution < 1.29 is 13.2 Å². The Morgan fingerprint density at radius 1 is 1.45 bits per heavy atom. The Hall–Kier alpha value is -0.190. The van der Waals surface area contributed by atoms with Crippen LogP contribution in [0.3, 0.4) is 0 Å². The normalized spacial score (nSPS) is 10.9. The zero-order chi connectivity index (χ0) is 14.5. The molecular formula is C10H17BrClN3O3S2. The van der Waals surface area contributed by atoms with Gasteiger partial charge in [0, 0.05) is 20.1 Å². The Labute approximate surface area is 137 Å². The van der Waals surface area contributed by atoms with Gasteiger partial charge in [-0.25, -0.2) is 13.1 Å². The molecule has 1 heterocycles. The van der Waals surface area contributed by atoms with E-state index in [1.807, 2.05) is 0 Å². The first-order valence-electron chi connectivity index (χ1n) is 5.50.